The van der Waals surface area contributed by atoms with Crippen molar-refractivity contribution in [2.75, 3.05) is 0 Å². The van der Waals surface area contributed by atoms with Gasteiger partial charge in [0.05, 0.1) is 0 Å². The minimum atomic E-state index is 0.229. The van der Waals surface area contributed by atoms with Gasteiger partial charge < -0.3 is 11.1 Å². The third kappa shape index (κ3) is 1.58. The van der Waals surface area contributed by atoms with Crippen molar-refractivity contribution in [2.45, 2.75) is 37.9 Å². The molecule has 1 fully saturated rings. The molecule has 0 aliphatic heterocycles. The van der Waals surface area contributed by atoms with E-state index in [1.54, 1.807) is 0 Å². The molecular weight excluding hydrogens is 184 g/mol. The van der Waals surface area contributed by atoms with Crippen molar-refractivity contribution in [3.8, 4) is 0 Å². The van der Waals surface area contributed by atoms with Gasteiger partial charge in [0.25, 0.3) is 0 Å². The predicted molar refractivity (Wildman–Crippen MR) is 61.4 cm³/mol. The second-order valence-electron chi connectivity index (χ2n) is 5.01. The average molecular weight is 202 g/mol. The maximum absolute atomic E-state index is 6.13. The Morgan fingerprint density at radius 1 is 1.20 bits per heavy atom. The van der Waals surface area contributed by atoms with E-state index in [0.717, 1.165) is 18.4 Å². The summed E-state index contributed by atoms with van der Waals surface area (Å²) in [6, 6.07) is 10.0. The minimum absolute atomic E-state index is 0.229. The molecule has 0 amide bonds. The van der Waals surface area contributed by atoms with Gasteiger partial charge in [0, 0.05) is 18.1 Å². The first-order valence-corrected chi connectivity index (χ1v) is 5.86. The molecule has 2 nitrogen and oxygen atoms in total. The van der Waals surface area contributed by atoms with Crippen LogP contribution >= 0.6 is 0 Å². The van der Waals surface area contributed by atoms with Gasteiger partial charge >= 0.3 is 0 Å². The SMILES string of the molecule is CC1CC1NC1CC(N)c2ccccc21. The monoisotopic (exact) mass is 202 g/mol. The third-order valence-corrected chi connectivity index (χ3v) is 3.79. The van der Waals surface area contributed by atoms with Gasteiger partial charge in [-0.25, -0.2) is 0 Å². The normalized spacial score (nSPS) is 37.7. The Bertz CT molecular complexity index is 375. The molecule has 2 heteroatoms. The Kier molecular flexibility index (Phi) is 2.08. The minimum Gasteiger partial charge on any atom is -0.324 e. The molecule has 1 aromatic rings. The van der Waals surface area contributed by atoms with E-state index in [-0.39, 0.29) is 6.04 Å². The maximum Gasteiger partial charge on any atom is 0.0344 e. The number of rotatable bonds is 2. The molecule has 2 aliphatic carbocycles. The Balaban J connectivity index is 1.82. The summed E-state index contributed by atoms with van der Waals surface area (Å²) in [5.74, 6) is 0.856. The van der Waals surface area contributed by atoms with E-state index < -0.39 is 0 Å². The zero-order chi connectivity index (χ0) is 10.4. The van der Waals surface area contributed by atoms with Gasteiger partial charge in [-0.15, -0.1) is 0 Å². The van der Waals surface area contributed by atoms with Crippen LogP contribution in [0.1, 0.15) is 43.0 Å². The van der Waals surface area contributed by atoms with Crippen molar-refractivity contribution in [1.29, 1.82) is 0 Å². The summed E-state index contributed by atoms with van der Waals surface area (Å²) >= 11 is 0. The van der Waals surface area contributed by atoms with Crippen LogP contribution in [0.15, 0.2) is 24.3 Å². The number of hydrogen-bond donors (Lipinski definition) is 2. The highest BCUT2D eigenvalue weighted by atomic mass is 15.0. The number of nitrogens with two attached hydrogens (primary N) is 1. The Morgan fingerprint density at radius 3 is 2.53 bits per heavy atom. The molecule has 0 bridgehead atoms. The van der Waals surface area contributed by atoms with Crippen molar-refractivity contribution < 1.29 is 0 Å². The fourth-order valence-electron chi connectivity index (χ4n) is 2.64. The first-order valence-electron chi connectivity index (χ1n) is 5.86. The van der Waals surface area contributed by atoms with Crippen LogP contribution in [0.25, 0.3) is 0 Å². The lowest BCUT2D eigenvalue weighted by Crippen LogP contribution is -2.23. The summed E-state index contributed by atoms with van der Waals surface area (Å²) in [6.45, 7) is 2.30. The van der Waals surface area contributed by atoms with Crippen molar-refractivity contribution in [1.82, 2.24) is 5.32 Å². The van der Waals surface area contributed by atoms with E-state index in [9.17, 15) is 0 Å². The molecule has 0 saturated heterocycles. The molecular formula is C13H18N2. The van der Waals surface area contributed by atoms with Gasteiger partial charge in [-0.3, -0.25) is 0 Å². The van der Waals surface area contributed by atoms with Crippen molar-refractivity contribution in [3.05, 3.63) is 35.4 Å². The molecule has 3 N–H and O–H groups in total. The van der Waals surface area contributed by atoms with Crippen LogP contribution < -0.4 is 11.1 Å². The molecule has 0 radical (unpaired) electrons. The first-order chi connectivity index (χ1) is 7.25. The van der Waals surface area contributed by atoms with Gasteiger partial charge in [0.2, 0.25) is 0 Å². The lowest BCUT2D eigenvalue weighted by molar-refractivity contribution is 0.485. The average Bonchev–Trinajstić information content (AvgIpc) is 2.83. The second kappa shape index (κ2) is 3.32. The van der Waals surface area contributed by atoms with Crippen LogP contribution in [-0.2, 0) is 0 Å². The van der Waals surface area contributed by atoms with E-state index in [0.29, 0.717) is 6.04 Å². The van der Waals surface area contributed by atoms with E-state index in [1.165, 1.54) is 17.5 Å². The zero-order valence-corrected chi connectivity index (χ0v) is 9.11. The van der Waals surface area contributed by atoms with Gasteiger partial charge in [0.1, 0.15) is 0 Å². The molecule has 3 rings (SSSR count). The summed E-state index contributed by atoms with van der Waals surface area (Å²) in [6.07, 6.45) is 2.39. The zero-order valence-electron chi connectivity index (χ0n) is 9.11. The van der Waals surface area contributed by atoms with Gasteiger partial charge in [0.15, 0.2) is 0 Å². The van der Waals surface area contributed by atoms with E-state index in [2.05, 4.69) is 36.5 Å². The molecule has 1 saturated carbocycles. The molecule has 15 heavy (non-hydrogen) atoms. The fourth-order valence-corrected chi connectivity index (χ4v) is 2.64. The highest BCUT2D eigenvalue weighted by Gasteiger charge is 2.37. The lowest BCUT2D eigenvalue weighted by atomic mass is 10.1. The Hall–Kier alpha value is -0.860. The summed E-state index contributed by atoms with van der Waals surface area (Å²) in [5, 5.41) is 3.71. The van der Waals surface area contributed by atoms with Crippen LogP contribution in [0.4, 0.5) is 0 Å². The number of fused-ring (bicyclic) bond motifs is 1. The van der Waals surface area contributed by atoms with Gasteiger partial charge in [-0.1, -0.05) is 31.2 Å². The molecule has 0 spiro atoms. The first kappa shape index (κ1) is 9.37. The molecule has 1 aromatic carbocycles. The largest absolute Gasteiger partial charge is 0.324 e. The summed E-state index contributed by atoms with van der Waals surface area (Å²) in [5.41, 5.74) is 8.88. The molecule has 2 aliphatic rings. The summed E-state index contributed by atoms with van der Waals surface area (Å²) in [7, 11) is 0. The van der Waals surface area contributed by atoms with Crippen LogP contribution in [0, 0.1) is 5.92 Å². The Morgan fingerprint density at radius 2 is 1.87 bits per heavy atom. The van der Waals surface area contributed by atoms with E-state index in [1.807, 2.05) is 0 Å². The van der Waals surface area contributed by atoms with Crippen LogP contribution in [0.3, 0.4) is 0 Å². The highest BCUT2D eigenvalue weighted by Crippen LogP contribution is 2.40. The molecule has 0 heterocycles. The number of hydrogen-bond acceptors (Lipinski definition) is 2. The van der Waals surface area contributed by atoms with Crippen molar-refractivity contribution in [2.24, 2.45) is 11.7 Å². The van der Waals surface area contributed by atoms with Gasteiger partial charge in [-0.2, -0.15) is 0 Å². The smallest absolute Gasteiger partial charge is 0.0344 e. The quantitative estimate of drug-likeness (QED) is 0.771. The van der Waals surface area contributed by atoms with E-state index >= 15 is 0 Å². The van der Waals surface area contributed by atoms with Crippen LogP contribution in [0.5, 0.6) is 0 Å². The standard InChI is InChI=1S/C13H18N2/c1-8-6-12(8)15-13-7-11(14)9-4-2-3-5-10(9)13/h2-5,8,11-13,15H,6-7,14H2,1H3. The molecule has 4 atom stereocenters. The van der Waals surface area contributed by atoms with Crippen molar-refractivity contribution in [3.63, 3.8) is 0 Å². The fraction of sp³-hybridized carbons (Fsp3) is 0.538. The number of nitrogens with one attached hydrogen (secondary N) is 1. The van der Waals surface area contributed by atoms with Crippen molar-refractivity contribution >= 4 is 0 Å². The Labute approximate surface area is 90.9 Å². The second-order valence-corrected chi connectivity index (χ2v) is 5.01. The third-order valence-electron chi connectivity index (χ3n) is 3.79. The summed E-state index contributed by atoms with van der Waals surface area (Å²) < 4.78 is 0. The predicted octanol–water partition coefficient (Wildman–Crippen LogP) is 2.13. The molecule has 0 aromatic heterocycles. The van der Waals surface area contributed by atoms with Crippen LogP contribution in [-0.4, -0.2) is 6.04 Å². The highest BCUT2D eigenvalue weighted by molar-refractivity contribution is 5.37. The molecule has 4 unspecified atom stereocenters. The maximum atomic E-state index is 6.13. The van der Waals surface area contributed by atoms with Crippen LogP contribution in [0.2, 0.25) is 0 Å². The summed E-state index contributed by atoms with van der Waals surface area (Å²) in [4.78, 5) is 0. The van der Waals surface area contributed by atoms with E-state index in [4.69, 9.17) is 5.73 Å². The topological polar surface area (TPSA) is 38.0 Å². The molecule has 80 valence electrons. The van der Waals surface area contributed by atoms with Gasteiger partial charge in [-0.05, 0) is 29.9 Å². The number of benzene rings is 1. The lowest BCUT2D eigenvalue weighted by Gasteiger charge is -2.13.